The first-order valence-electron chi connectivity index (χ1n) is 6.73. The lowest BCUT2D eigenvalue weighted by molar-refractivity contribution is 0.0930. The molecular formula is C15H16N2O3. The lowest BCUT2D eigenvalue weighted by atomic mass is 10.1. The molecule has 1 aromatic heterocycles. The van der Waals surface area contributed by atoms with Gasteiger partial charge in [0.2, 0.25) is 0 Å². The molecule has 1 aliphatic carbocycles. The normalized spacial score (nSPS) is 16.1. The van der Waals surface area contributed by atoms with E-state index in [1.807, 2.05) is 6.07 Å². The Hall–Kier alpha value is -2.14. The summed E-state index contributed by atoms with van der Waals surface area (Å²) in [4.78, 5) is 24.1. The van der Waals surface area contributed by atoms with E-state index in [1.54, 1.807) is 24.3 Å². The van der Waals surface area contributed by atoms with E-state index in [2.05, 4.69) is 5.32 Å². The third kappa shape index (κ3) is 2.44. The molecule has 1 aliphatic rings. The van der Waals surface area contributed by atoms with Gasteiger partial charge in [0.1, 0.15) is 11.1 Å². The van der Waals surface area contributed by atoms with Crippen molar-refractivity contribution < 1.29 is 9.21 Å². The summed E-state index contributed by atoms with van der Waals surface area (Å²) in [6, 6.07) is 8.62. The highest BCUT2D eigenvalue weighted by molar-refractivity contribution is 5.96. The molecule has 3 rings (SSSR count). The Bertz CT molecular complexity index is 704. The predicted molar refractivity (Wildman–Crippen MR) is 75.5 cm³/mol. The van der Waals surface area contributed by atoms with Crippen molar-refractivity contribution in [3.8, 4) is 0 Å². The van der Waals surface area contributed by atoms with Gasteiger partial charge in [0.05, 0.1) is 0 Å². The van der Waals surface area contributed by atoms with Crippen LogP contribution in [0.25, 0.3) is 11.0 Å². The van der Waals surface area contributed by atoms with Crippen molar-refractivity contribution in [2.45, 2.75) is 18.9 Å². The highest BCUT2D eigenvalue weighted by Crippen LogP contribution is 2.32. The number of benzene rings is 1. The van der Waals surface area contributed by atoms with Gasteiger partial charge in [-0.2, -0.15) is 0 Å². The Morgan fingerprint density at radius 3 is 2.85 bits per heavy atom. The van der Waals surface area contributed by atoms with Crippen LogP contribution >= 0.6 is 0 Å². The zero-order valence-corrected chi connectivity index (χ0v) is 11.0. The quantitative estimate of drug-likeness (QED) is 0.820. The van der Waals surface area contributed by atoms with Gasteiger partial charge in [0, 0.05) is 18.0 Å². The highest BCUT2D eigenvalue weighted by Gasteiger charge is 2.31. The fourth-order valence-electron chi connectivity index (χ4n) is 2.33. The highest BCUT2D eigenvalue weighted by atomic mass is 16.4. The van der Waals surface area contributed by atoms with Crippen LogP contribution in [0.2, 0.25) is 0 Å². The first-order chi connectivity index (χ1) is 9.69. The SMILES string of the molecule is NCC(NC(=O)c1cc2ccccc2oc1=O)C1CC1. The fraction of sp³-hybridized carbons (Fsp3) is 0.333. The maximum Gasteiger partial charge on any atom is 0.349 e. The number of carbonyl (C=O) groups is 1. The van der Waals surface area contributed by atoms with E-state index in [1.165, 1.54) is 0 Å². The second kappa shape index (κ2) is 5.09. The molecule has 0 spiro atoms. The number of carbonyl (C=O) groups excluding carboxylic acids is 1. The molecule has 5 heteroatoms. The standard InChI is InChI=1S/C15H16N2O3/c16-8-12(9-5-6-9)17-14(18)11-7-10-3-1-2-4-13(10)20-15(11)19/h1-4,7,9,12H,5-6,8,16H2,(H,17,18). The lowest BCUT2D eigenvalue weighted by Crippen LogP contribution is -2.43. The zero-order valence-electron chi connectivity index (χ0n) is 11.0. The first-order valence-corrected chi connectivity index (χ1v) is 6.73. The first kappa shape index (κ1) is 12.9. The van der Waals surface area contributed by atoms with Crippen molar-refractivity contribution in [3.63, 3.8) is 0 Å². The second-order valence-corrected chi connectivity index (χ2v) is 5.14. The van der Waals surface area contributed by atoms with E-state index in [0.717, 1.165) is 18.2 Å². The number of hydrogen-bond acceptors (Lipinski definition) is 4. The smallest absolute Gasteiger partial charge is 0.349 e. The molecular weight excluding hydrogens is 256 g/mol. The van der Waals surface area contributed by atoms with Gasteiger partial charge in [-0.1, -0.05) is 18.2 Å². The minimum atomic E-state index is -0.618. The number of fused-ring (bicyclic) bond motifs is 1. The molecule has 1 aromatic carbocycles. The Labute approximate surface area is 115 Å². The topological polar surface area (TPSA) is 85.3 Å². The van der Waals surface area contributed by atoms with Crippen molar-refractivity contribution in [2.24, 2.45) is 11.7 Å². The Balaban J connectivity index is 1.90. The van der Waals surface area contributed by atoms with Gasteiger partial charge in [0.25, 0.3) is 5.91 Å². The summed E-state index contributed by atoms with van der Waals surface area (Å²) < 4.78 is 5.16. The average molecular weight is 272 g/mol. The van der Waals surface area contributed by atoms with Crippen LogP contribution in [0.4, 0.5) is 0 Å². The molecule has 0 saturated heterocycles. The molecule has 104 valence electrons. The Kier molecular flexibility index (Phi) is 3.28. The zero-order chi connectivity index (χ0) is 14.1. The molecule has 20 heavy (non-hydrogen) atoms. The number of rotatable bonds is 4. The number of nitrogens with one attached hydrogen (secondary N) is 1. The van der Waals surface area contributed by atoms with Crippen molar-refractivity contribution in [1.82, 2.24) is 5.32 Å². The third-order valence-electron chi connectivity index (χ3n) is 3.65. The molecule has 0 bridgehead atoms. The molecule has 1 saturated carbocycles. The number of amides is 1. The van der Waals surface area contributed by atoms with Crippen molar-refractivity contribution in [1.29, 1.82) is 0 Å². The summed E-state index contributed by atoms with van der Waals surface area (Å²) in [5.74, 6) is 0.0308. The number of para-hydroxylation sites is 1. The van der Waals surface area contributed by atoms with E-state index in [9.17, 15) is 9.59 Å². The van der Waals surface area contributed by atoms with Crippen LogP contribution in [0, 0.1) is 5.92 Å². The Morgan fingerprint density at radius 2 is 2.15 bits per heavy atom. The molecule has 2 aromatic rings. The van der Waals surface area contributed by atoms with Crippen LogP contribution in [0.3, 0.4) is 0 Å². The number of nitrogens with two attached hydrogens (primary N) is 1. The molecule has 1 unspecified atom stereocenters. The van der Waals surface area contributed by atoms with Crippen LogP contribution in [-0.2, 0) is 0 Å². The third-order valence-corrected chi connectivity index (χ3v) is 3.65. The molecule has 5 nitrogen and oxygen atoms in total. The molecule has 1 fully saturated rings. The van der Waals surface area contributed by atoms with Crippen molar-refractivity contribution in [2.75, 3.05) is 6.54 Å². The largest absolute Gasteiger partial charge is 0.422 e. The lowest BCUT2D eigenvalue weighted by Gasteiger charge is -2.15. The van der Waals surface area contributed by atoms with Gasteiger partial charge >= 0.3 is 5.63 Å². The minimum absolute atomic E-state index is 0.0304. The molecule has 1 heterocycles. The summed E-state index contributed by atoms with van der Waals surface area (Å²) in [7, 11) is 0. The van der Waals surface area contributed by atoms with Crippen LogP contribution in [0.5, 0.6) is 0 Å². The van der Waals surface area contributed by atoms with E-state index in [-0.39, 0.29) is 11.6 Å². The van der Waals surface area contributed by atoms with Gasteiger partial charge < -0.3 is 15.5 Å². The van der Waals surface area contributed by atoms with Crippen molar-refractivity contribution in [3.05, 3.63) is 46.3 Å². The van der Waals surface area contributed by atoms with E-state index in [4.69, 9.17) is 10.2 Å². The van der Waals surface area contributed by atoms with Crippen LogP contribution < -0.4 is 16.7 Å². The van der Waals surface area contributed by atoms with E-state index in [0.29, 0.717) is 18.0 Å². The monoisotopic (exact) mass is 272 g/mol. The summed E-state index contributed by atoms with van der Waals surface area (Å²) >= 11 is 0. The molecule has 1 atom stereocenters. The summed E-state index contributed by atoms with van der Waals surface area (Å²) in [5.41, 5.74) is 5.54. The second-order valence-electron chi connectivity index (χ2n) is 5.14. The van der Waals surface area contributed by atoms with Gasteiger partial charge in [-0.05, 0) is 30.9 Å². The molecule has 1 amide bonds. The Morgan fingerprint density at radius 1 is 1.40 bits per heavy atom. The van der Waals surface area contributed by atoms with Crippen LogP contribution in [0.1, 0.15) is 23.2 Å². The van der Waals surface area contributed by atoms with E-state index >= 15 is 0 Å². The van der Waals surface area contributed by atoms with Gasteiger partial charge in [-0.3, -0.25) is 4.79 Å². The maximum atomic E-state index is 12.2. The maximum absolute atomic E-state index is 12.2. The number of hydrogen-bond donors (Lipinski definition) is 2. The summed E-state index contributed by atoms with van der Waals surface area (Å²) in [6.45, 7) is 0.384. The van der Waals surface area contributed by atoms with E-state index < -0.39 is 11.5 Å². The summed E-state index contributed by atoms with van der Waals surface area (Å²) in [5, 5.41) is 3.56. The fourth-order valence-corrected chi connectivity index (χ4v) is 2.33. The van der Waals surface area contributed by atoms with Gasteiger partial charge in [-0.15, -0.1) is 0 Å². The van der Waals surface area contributed by atoms with Gasteiger partial charge in [-0.25, -0.2) is 4.79 Å². The predicted octanol–water partition coefficient (Wildman–Crippen LogP) is 1.26. The van der Waals surface area contributed by atoms with Crippen molar-refractivity contribution >= 4 is 16.9 Å². The van der Waals surface area contributed by atoms with Crippen LogP contribution in [0.15, 0.2) is 39.5 Å². The van der Waals surface area contributed by atoms with Gasteiger partial charge in [0.15, 0.2) is 0 Å². The summed E-state index contributed by atoms with van der Waals surface area (Å²) in [6.07, 6.45) is 2.16. The average Bonchev–Trinajstić information content (AvgIpc) is 3.28. The molecule has 0 radical (unpaired) electrons. The van der Waals surface area contributed by atoms with Crippen LogP contribution in [-0.4, -0.2) is 18.5 Å². The molecule has 0 aliphatic heterocycles. The minimum Gasteiger partial charge on any atom is -0.422 e. The molecule has 3 N–H and O–H groups in total.